The molecule has 0 aromatic carbocycles. The summed E-state index contributed by atoms with van der Waals surface area (Å²) >= 11 is 0. The number of oxime groups is 2. The minimum Gasteiger partial charge on any atom is -0.411 e. The molecular weight excluding hydrogens is 397 g/mol. The maximum absolute atomic E-state index is 15.4. The summed E-state index contributed by atoms with van der Waals surface area (Å²) in [7, 11) is 0. The Hall–Kier alpha value is -1.50. The van der Waals surface area contributed by atoms with Gasteiger partial charge in [-0.3, -0.25) is 4.79 Å². The number of nitrogens with one attached hydrogen (secondary N) is 1. The van der Waals surface area contributed by atoms with E-state index in [2.05, 4.69) is 29.5 Å². The Morgan fingerprint density at radius 3 is 2.61 bits per heavy atom. The SMILES string of the molecule is C[C@]12C[C@@H](F)/C(=N/OC3CCNCC3)CC1/C(=N/O)C[C@@H]1[C@@H]2CC[C@]2(C)C(=O)CC[C@@H]12. The first kappa shape index (κ1) is 21.4. The van der Waals surface area contributed by atoms with Gasteiger partial charge in [-0.2, -0.15) is 0 Å². The summed E-state index contributed by atoms with van der Waals surface area (Å²) in [5.41, 5.74) is 0.723. The van der Waals surface area contributed by atoms with E-state index in [1.165, 1.54) is 0 Å². The predicted octanol–water partition coefficient (Wildman–Crippen LogP) is 4.11. The molecule has 1 saturated heterocycles. The highest BCUT2D eigenvalue weighted by molar-refractivity contribution is 5.97. The Morgan fingerprint density at radius 2 is 1.87 bits per heavy atom. The van der Waals surface area contributed by atoms with Gasteiger partial charge in [0, 0.05) is 24.2 Å². The van der Waals surface area contributed by atoms with Crippen molar-refractivity contribution in [3.8, 4) is 0 Å². The Balaban J connectivity index is 1.39. The molecule has 5 rings (SSSR count). The molecule has 4 aliphatic carbocycles. The molecule has 1 heterocycles. The highest BCUT2D eigenvalue weighted by atomic mass is 19.1. The first-order chi connectivity index (χ1) is 14.9. The Morgan fingerprint density at radius 1 is 1.10 bits per heavy atom. The molecule has 0 bridgehead atoms. The number of fused-ring (bicyclic) bond motifs is 5. The molecule has 0 spiro atoms. The lowest BCUT2D eigenvalue weighted by molar-refractivity contribution is -0.133. The third-order valence-corrected chi connectivity index (χ3v) is 9.76. The summed E-state index contributed by atoms with van der Waals surface area (Å²) in [4.78, 5) is 18.4. The van der Waals surface area contributed by atoms with Crippen molar-refractivity contribution in [3.05, 3.63) is 0 Å². The molecule has 6 nitrogen and oxygen atoms in total. The average Bonchev–Trinajstić information content (AvgIpc) is 3.07. The number of halogens is 1. The number of carbonyl (C=O) groups excluding carboxylic acids is 1. The molecule has 0 aromatic heterocycles. The monoisotopic (exact) mass is 433 g/mol. The quantitative estimate of drug-likeness (QED) is 0.507. The molecule has 7 atom stereocenters. The van der Waals surface area contributed by atoms with Gasteiger partial charge in [0.1, 0.15) is 18.1 Å². The maximum atomic E-state index is 15.4. The topological polar surface area (TPSA) is 83.3 Å². The standard InChI is InChI=1S/C24H36FN3O3/c1-23-8-5-17-15(16(23)3-4-22(23)29)11-20(27-30)18-12-21(19(25)13-24(17,18)2)28-31-14-6-9-26-10-7-14/h14-19,26,30H,3-13H2,1-2H3/b27-20+,28-21+/t15-,16-,17-,18?,19+,23-,24+/m0/s1. The number of rotatable bonds is 2. The van der Waals surface area contributed by atoms with Gasteiger partial charge in [-0.25, -0.2) is 4.39 Å². The van der Waals surface area contributed by atoms with Crippen molar-refractivity contribution >= 4 is 17.2 Å². The summed E-state index contributed by atoms with van der Waals surface area (Å²) in [6, 6.07) is 0. The van der Waals surface area contributed by atoms with Crippen LogP contribution in [0.15, 0.2) is 10.3 Å². The molecule has 7 heteroatoms. The van der Waals surface area contributed by atoms with E-state index in [4.69, 9.17) is 4.84 Å². The third kappa shape index (κ3) is 3.33. The molecule has 0 radical (unpaired) electrons. The van der Waals surface area contributed by atoms with Crippen molar-refractivity contribution in [1.29, 1.82) is 0 Å². The highest BCUT2D eigenvalue weighted by Gasteiger charge is 2.62. The number of ketones is 1. The van der Waals surface area contributed by atoms with E-state index in [9.17, 15) is 10.0 Å². The first-order valence-electron chi connectivity index (χ1n) is 12.2. The third-order valence-electron chi connectivity index (χ3n) is 9.76. The normalized spacial score (nSPS) is 48.4. The van der Waals surface area contributed by atoms with E-state index < -0.39 is 6.17 Å². The van der Waals surface area contributed by atoms with Crippen LogP contribution < -0.4 is 5.32 Å². The van der Waals surface area contributed by atoms with Crippen molar-refractivity contribution in [2.75, 3.05) is 13.1 Å². The fourth-order valence-electron chi connectivity index (χ4n) is 7.92. The van der Waals surface area contributed by atoms with E-state index in [1.54, 1.807) is 0 Å². The molecule has 2 N–H and O–H groups in total. The number of alkyl halides is 1. The van der Waals surface area contributed by atoms with Crippen LogP contribution in [-0.2, 0) is 9.63 Å². The number of hydrogen-bond donors (Lipinski definition) is 2. The first-order valence-corrected chi connectivity index (χ1v) is 12.2. The number of hydrogen-bond acceptors (Lipinski definition) is 6. The van der Waals surface area contributed by atoms with Crippen molar-refractivity contribution < 1.29 is 19.2 Å². The van der Waals surface area contributed by atoms with Crippen LogP contribution in [-0.4, -0.2) is 47.8 Å². The van der Waals surface area contributed by atoms with Crippen LogP contribution in [0.3, 0.4) is 0 Å². The molecule has 1 unspecified atom stereocenters. The minimum absolute atomic E-state index is 0.0115. The Kier molecular flexibility index (Phi) is 5.39. The van der Waals surface area contributed by atoms with E-state index in [1.807, 2.05) is 0 Å². The fraction of sp³-hybridized carbons (Fsp3) is 0.875. The van der Waals surface area contributed by atoms with Gasteiger partial charge in [-0.15, -0.1) is 0 Å². The number of piperidine rings is 1. The van der Waals surface area contributed by atoms with E-state index in [0.29, 0.717) is 54.9 Å². The van der Waals surface area contributed by atoms with Gasteiger partial charge in [-0.05, 0) is 81.2 Å². The number of nitrogens with zero attached hydrogens (tertiary/aromatic N) is 2. The van der Waals surface area contributed by atoms with E-state index in [-0.39, 0.29) is 22.9 Å². The van der Waals surface area contributed by atoms with Crippen molar-refractivity contribution in [1.82, 2.24) is 5.32 Å². The summed E-state index contributed by atoms with van der Waals surface area (Å²) in [5, 5.41) is 21.3. The summed E-state index contributed by atoms with van der Waals surface area (Å²) < 4.78 is 15.4. The maximum Gasteiger partial charge on any atom is 0.142 e. The molecule has 31 heavy (non-hydrogen) atoms. The van der Waals surface area contributed by atoms with Crippen LogP contribution in [0.2, 0.25) is 0 Å². The van der Waals surface area contributed by atoms with Gasteiger partial charge in [0.05, 0.1) is 11.4 Å². The largest absolute Gasteiger partial charge is 0.411 e. The van der Waals surface area contributed by atoms with Gasteiger partial charge in [0.15, 0.2) is 0 Å². The second kappa shape index (κ2) is 7.82. The van der Waals surface area contributed by atoms with Crippen molar-refractivity contribution in [2.45, 2.75) is 83.9 Å². The molecule has 0 aromatic rings. The van der Waals surface area contributed by atoms with E-state index >= 15 is 4.39 Å². The van der Waals surface area contributed by atoms with Gasteiger partial charge in [0.25, 0.3) is 0 Å². The summed E-state index contributed by atoms with van der Waals surface area (Å²) in [5.74, 6) is 1.36. The van der Waals surface area contributed by atoms with E-state index in [0.717, 1.165) is 50.9 Å². The molecule has 0 amide bonds. The Bertz CT molecular complexity index is 795. The van der Waals surface area contributed by atoms with Gasteiger partial charge >= 0.3 is 0 Å². The lowest BCUT2D eigenvalue weighted by atomic mass is 9.44. The van der Waals surface area contributed by atoms with Gasteiger partial charge in [0.2, 0.25) is 0 Å². The van der Waals surface area contributed by atoms with Crippen LogP contribution in [0.5, 0.6) is 0 Å². The zero-order chi connectivity index (χ0) is 21.8. The molecule has 172 valence electrons. The lowest BCUT2D eigenvalue weighted by Gasteiger charge is -2.59. The highest BCUT2D eigenvalue weighted by Crippen LogP contribution is 2.64. The van der Waals surface area contributed by atoms with Crippen molar-refractivity contribution in [2.24, 2.45) is 44.8 Å². The lowest BCUT2D eigenvalue weighted by Crippen LogP contribution is -2.58. The fourth-order valence-corrected chi connectivity index (χ4v) is 7.92. The smallest absolute Gasteiger partial charge is 0.142 e. The average molecular weight is 434 g/mol. The second-order valence-electron chi connectivity index (χ2n) is 11.2. The van der Waals surface area contributed by atoms with Crippen LogP contribution in [0.25, 0.3) is 0 Å². The van der Waals surface area contributed by atoms with Crippen molar-refractivity contribution in [3.63, 3.8) is 0 Å². The zero-order valence-electron chi connectivity index (χ0n) is 18.8. The number of Topliss-reactive ketones (excluding diaryl/α,β-unsaturated/α-hetero) is 1. The van der Waals surface area contributed by atoms with Crippen LogP contribution >= 0.6 is 0 Å². The van der Waals surface area contributed by atoms with Crippen LogP contribution in [0.4, 0.5) is 4.39 Å². The van der Waals surface area contributed by atoms with Gasteiger partial charge < -0.3 is 15.4 Å². The minimum atomic E-state index is -1.12. The molecule has 5 aliphatic rings. The summed E-state index contributed by atoms with van der Waals surface area (Å²) in [6.07, 6.45) is 5.72. The van der Waals surface area contributed by atoms with Crippen LogP contribution in [0, 0.1) is 34.5 Å². The van der Waals surface area contributed by atoms with Gasteiger partial charge in [-0.1, -0.05) is 24.2 Å². The number of carbonyl (C=O) groups is 1. The molecule has 5 fully saturated rings. The van der Waals surface area contributed by atoms with Crippen LogP contribution in [0.1, 0.15) is 71.6 Å². The Labute approximate surface area is 184 Å². The predicted molar refractivity (Wildman–Crippen MR) is 116 cm³/mol. The summed E-state index contributed by atoms with van der Waals surface area (Å²) in [6.45, 7) is 6.13. The molecule has 4 saturated carbocycles. The zero-order valence-corrected chi connectivity index (χ0v) is 18.8. The molecule has 1 aliphatic heterocycles. The second-order valence-corrected chi connectivity index (χ2v) is 11.2. The molecular formula is C24H36FN3O3.